The van der Waals surface area contributed by atoms with Gasteiger partial charge in [0.15, 0.2) is 12.1 Å². The summed E-state index contributed by atoms with van der Waals surface area (Å²) in [6.07, 6.45) is 1.17. The van der Waals surface area contributed by atoms with Crippen molar-refractivity contribution in [3.8, 4) is 5.75 Å². The first-order chi connectivity index (χ1) is 18.2. The van der Waals surface area contributed by atoms with E-state index in [9.17, 15) is 14.4 Å². The van der Waals surface area contributed by atoms with Crippen LogP contribution in [0.5, 0.6) is 5.75 Å². The Morgan fingerprint density at radius 2 is 1.92 bits per heavy atom. The quantitative estimate of drug-likeness (QED) is 0.256. The molecule has 2 saturated heterocycles. The fourth-order valence-electron chi connectivity index (χ4n) is 5.81. The highest BCUT2D eigenvalue weighted by molar-refractivity contribution is 9.10. The lowest BCUT2D eigenvalue weighted by Crippen LogP contribution is -2.35. The van der Waals surface area contributed by atoms with Crippen molar-refractivity contribution in [2.24, 2.45) is 23.7 Å². The van der Waals surface area contributed by atoms with E-state index >= 15 is 0 Å². The largest absolute Gasteiger partial charge is 0.492 e. The zero-order valence-electron chi connectivity index (χ0n) is 21.7. The standard InChI is InChI=1S/C22H30BrN3O3.C5H8O4/c23-19-8-15(21-14(20(19)24)2-1-5-29-21)22(27)25-9-16-17-11-26(12-18(16)17)10-13-3-6-28-7-4-13;1-3(7)5(9)4(8)2-6/h8,13,16-18H,1-7,9-12,24H2,(H,25,27);2,4-5,8-9H,1H3. The number of aldehydes is 1. The second-order valence-corrected chi connectivity index (χ2v) is 11.6. The molecule has 4 aliphatic rings. The molecule has 11 heteroatoms. The van der Waals surface area contributed by atoms with Gasteiger partial charge in [0.05, 0.1) is 17.9 Å². The summed E-state index contributed by atoms with van der Waals surface area (Å²) in [5.74, 6) is 2.93. The number of piperidine rings is 1. The lowest BCUT2D eigenvalue weighted by atomic mass is 9.99. The number of ketones is 1. The molecule has 5 N–H and O–H groups in total. The first-order valence-electron chi connectivity index (χ1n) is 13.3. The number of anilines is 1. The van der Waals surface area contributed by atoms with E-state index in [2.05, 4.69) is 26.1 Å². The van der Waals surface area contributed by atoms with Gasteiger partial charge in [-0.05, 0) is 78.3 Å². The second-order valence-electron chi connectivity index (χ2n) is 10.7. The lowest BCUT2D eigenvalue weighted by Gasteiger charge is -2.28. The average molecular weight is 597 g/mol. The van der Waals surface area contributed by atoms with Crippen LogP contribution < -0.4 is 15.8 Å². The number of halogens is 1. The molecule has 1 aromatic rings. The Hall–Kier alpha value is -2.05. The van der Waals surface area contributed by atoms with Crippen molar-refractivity contribution in [1.82, 2.24) is 10.2 Å². The van der Waals surface area contributed by atoms with Crippen molar-refractivity contribution in [2.45, 2.75) is 44.8 Å². The number of hydrogen-bond donors (Lipinski definition) is 4. The number of nitrogen functional groups attached to an aromatic ring is 1. The maximum Gasteiger partial charge on any atom is 0.255 e. The maximum absolute atomic E-state index is 12.9. The van der Waals surface area contributed by atoms with E-state index in [0.717, 1.165) is 67.3 Å². The predicted octanol–water partition coefficient (Wildman–Crippen LogP) is 1.19. The van der Waals surface area contributed by atoms with Gasteiger partial charge in [-0.25, -0.2) is 0 Å². The highest BCUT2D eigenvalue weighted by atomic mass is 79.9. The van der Waals surface area contributed by atoms with Crippen LogP contribution in [-0.2, 0) is 20.7 Å². The van der Waals surface area contributed by atoms with Gasteiger partial charge in [-0.15, -0.1) is 0 Å². The fourth-order valence-corrected chi connectivity index (χ4v) is 6.28. The third-order valence-corrected chi connectivity index (χ3v) is 8.77. The van der Waals surface area contributed by atoms with Crippen molar-refractivity contribution in [2.75, 3.05) is 51.7 Å². The number of rotatable bonds is 8. The zero-order valence-corrected chi connectivity index (χ0v) is 23.3. The molecular weight excluding hydrogens is 558 g/mol. The molecule has 210 valence electrons. The van der Waals surface area contributed by atoms with Gasteiger partial charge in [-0.3, -0.25) is 9.59 Å². The van der Waals surface area contributed by atoms with Crippen molar-refractivity contribution >= 4 is 39.6 Å². The molecule has 0 bridgehead atoms. The number of benzene rings is 1. The zero-order chi connectivity index (χ0) is 27.4. The van der Waals surface area contributed by atoms with Crippen LogP contribution in [-0.4, -0.2) is 91.3 Å². The van der Waals surface area contributed by atoms with Crippen molar-refractivity contribution in [3.05, 3.63) is 21.7 Å². The molecule has 4 atom stereocenters. The number of nitrogens with one attached hydrogen (secondary N) is 1. The van der Waals surface area contributed by atoms with E-state index in [1.165, 1.54) is 32.5 Å². The molecule has 1 aromatic carbocycles. The van der Waals surface area contributed by atoms with E-state index in [-0.39, 0.29) is 12.2 Å². The van der Waals surface area contributed by atoms with E-state index in [0.29, 0.717) is 29.5 Å². The highest BCUT2D eigenvalue weighted by Crippen LogP contribution is 2.51. The van der Waals surface area contributed by atoms with Crippen LogP contribution in [0.4, 0.5) is 5.69 Å². The average Bonchev–Trinajstić information content (AvgIpc) is 3.39. The van der Waals surface area contributed by atoms with Crippen LogP contribution in [0.25, 0.3) is 0 Å². The van der Waals surface area contributed by atoms with Gasteiger partial charge < -0.3 is 40.4 Å². The summed E-state index contributed by atoms with van der Waals surface area (Å²) in [6.45, 7) is 7.95. The number of aliphatic hydroxyl groups excluding tert-OH is 2. The second kappa shape index (κ2) is 12.9. The monoisotopic (exact) mass is 595 g/mol. The summed E-state index contributed by atoms with van der Waals surface area (Å²) in [4.78, 5) is 35.4. The van der Waals surface area contributed by atoms with Gasteiger partial charge in [-0.2, -0.15) is 0 Å². The molecule has 38 heavy (non-hydrogen) atoms. The first kappa shape index (κ1) is 28.9. The van der Waals surface area contributed by atoms with Gasteiger partial charge in [0.2, 0.25) is 0 Å². The number of ether oxygens (including phenoxy) is 2. The lowest BCUT2D eigenvalue weighted by molar-refractivity contribution is -0.136. The molecule has 10 nitrogen and oxygen atoms in total. The molecule has 5 rings (SSSR count). The van der Waals surface area contributed by atoms with Gasteiger partial charge in [0.1, 0.15) is 18.0 Å². The molecule has 1 aliphatic carbocycles. The summed E-state index contributed by atoms with van der Waals surface area (Å²) in [6, 6.07) is 1.80. The minimum absolute atomic E-state index is 0.0483. The number of nitrogens with zero attached hydrogens (tertiary/aromatic N) is 1. The molecular formula is C27H38BrN3O7. The number of carbonyl (C=O) groups is 3. The molecule has 3 fully saturated rings. The smallest absolute Gasteiger partial charge is 0.255 e. The Kier molecular flexibility index (Phi) is 9.80. The van der Waals surface area contributed by atoms with E-state index in [1.54, 1.807) is 6.07 Å². The molecule has 1 amide bonds. The normalized spacial score (nSPS) is 26.1. The van der Waals surface area contributed by atoms with Crippen LogP contribution in [0, 0.1) is 23.7 Å². The van der Waals surface area contributed by atoms with E-state index < -0.39 is 18.0 Å². The van der Waals surface area contributed by atoms with E-state index in [1.807, 2.05) is 0 Å². The Labute approximate surface area is 231 Å². The Balaban J connectivity index is 0.000000323. The maximum atomic E-state index is 12.9. The number of amides is 1. The highest BCUT2D eigenvalue weighted by Gasteiger charge is 2.55. The van der Waals surface area contributed by atoms with Crippen LogP contribution in [0.1, 0.15) is 42.1 Å². The molecule has 0 spiro atoms. The number of likely N-dealkylation sites (tertiary alicyclic amines) is 1. The fraction of sp³-hybridized carbons (Fsp3) is 0.667. The van der Waals surface area contributed by atoms with Gasteiger partial charge >= 0.3 is 0 Å². The first-order valence-corrected chi connectivity index (χ1v) is 14.1. The Bertz CT molecular complexity index is 1020. The van der Waals surface area contributed by atoms with Crippen molar-refractivity contribution < 1.29 is 34.1 Å². The molecule has 0 aromatic heterocycles. The van der Waals surface area contributed by atoms with Crippen LogP contribution >= 0.6 is 15.9 Å². The van der Waals surface area contributed by atoms with Crippen molar-refractivity contribution in [3.63, 3.8) is 0 Å². The summed E-state index contributed by atoms with van der Waals surface area (Å²) in [5, 5.41) is 20.2. The third kappa shape index (κ3) is 6.74. The van der Waals surface area contributed by atoms with Crippen LogP contribution in [0.2, 0.25) is 0 Å². The number of Topliss-reactive ketones (excluding diaryl/α,β-unsaturated/α-hetero) is 1. The topological polar surface area (TPSA) is 151 Å². The summed E-state index contributed by atoms with van der Waals surface area (Å²) >= 11 is 3.50. The van der Waals surface area contributed by atoms with Gasteiger partial charge in [0.25, 0.3) is 5.91 Å². The molecule has 0 radical (unpaired) electrons. The predicted molar refractivity (Wildman–Crippen MR) is 144 cm³/mol. The Morgan fingerprint density at radius 3 is 2.53 bits per heavy atom. The molecule has 4 unspecified atom stereocenters. The Morgan fingerprint density at radius 1 is 1.24 bits per heavy atom. The summed E-state index contributed by atoms with van der Waals surface area (Å²) in [7, 11) is 0. The SMILES string of the molecule is CC(=O)C(O)C(O)C=O.Nc1c(Br)cc(C(=O)NCC2C3CN(CC4CCOCC4)CC23)c2c1CCCO2. The van der Waals surface area contributed by atoms with Crippen molar-refractivity contribution in [1.29, 1.82) is 0 Å². The number of carbonyl (C=O) groups excluding carboxylic acids is 3. The number of fused-ring (bicyclic) bond motifs is 2. The van der Waals surface area contributed by atoms with Crippen LogP contribution in [0.15, 0.2) is 10.5 Å². The molecule has 3 aliphatic heterocycles. The summed E-state index contributed by atoms with van der Waals surface area (Å²) < 4.78 is 12.1. The minimum atomic E-state index is -1.58. The number of aliphatic hydroxyl groups is 2. The number of nitrogens with two attached hydrogens (primary N) is 1. The van der Waals surface area contributed by atoms with Crippen LogP contribution in [0.3, 0.4) is 0 Å². The minimum Gasteiger partial charge on any atom is -0.492 e. The van der Waals surface area contributed by atoms with Gasteiger partial charge in [0, 0.05) is 49.4 Å². The molecule has 1 saturated carbocycles. The molecule has 3 heterocycles. The summed E-state index contributed by atoms with van der Waals surface area (Å²) in [5.41, 5.74) is 8.43. The van der Waals surface area contributed by atoms with Gasteiger partial charge in [-0.1, -0.05) is 0 Å². The number of hydrogen-bond acceptors (Lipinski definition) is 9. The van der Waals surface area contributed by atoms with E-state index in [4.69, 9.17) is 25.4 Å². The third-order valence-electron chi connectivity index (χ3n) is 8.12.